The van der Waals surface area contributed by atoms with Crippen LogP contribution in [0.15, 0.2) is 16.9 Å². The van der Waals surface area contributed by atoms with Gasteiger partial charge in [0, 0.05) is 19.3 Å². The summed E-state index contributed by atoms with van der Waals surface area (Å²) in [6.45, 7) is 9.12. The fourth-order valence-electron chi connectivity index (χ4n) is 2.81. The summed E-state index contributed by atoms with van der Waals surface area (Å²) in [5.41, 5.74) is -0.182. The van der Waals surface area contributed by atoms with Gasteiger partial charge in [0.25, 0.3) is 0 Å². The quantitative estimate of drug-likeness (QED) is 0.609. The van der Waals surface area contributed by atoms with E-state index in [0.717, 1.165) is 0 Å². The van der Waals surface area contributed by atoms with Crippen LogP contribution in [-0.4, -0.2) is 34.2 Å². The van der Waals surface area contributed by atoms with Crippen LogP contribution < -0.4 is 4.90 Å². The first kappa shape index (κ1) is 15.2. The van der Waals surface area contributed by atoms with Gasteiger partial charge >= 0.3 is 5.69 Å². The van der Waals surface area contributed by atoms with Crippen LogP contribution in [0.4, 0.5) is 11.4 Å². The molecule has 0 atom stereocenters. The molecule has 110 valence electrons. The second kappa shape index (κ2) is 4.96. The zero-order valence-electron chi connectivity index (χ0n) is 12.0. The fraction of sp³-hybridized carbons (Fsp3) is 0.615. The molecule has 1 aliphatic rings. The predicted octanol–water partition coefficient (Wildman–Crippen LogP) is 3.15. The van der Waals surface area contributed by atoms with E-state index in [0.29, 0.717) is 23.2 Å². The maximum Gasteiger partial charge on any atom is 0.311 e. The van der Waals surface area contributed by atoms with Crippen LogP contribution in [-0.2, 0) is 4.74 Å². The average molecular weight is 344 g/mol. The lowest BCUT2D eigenvalue weighted by Crippen LogP contribution is -2.57. The molecule has 0 N–H and O–H groups in total. The Hall–Kier alpha value is -1.21. The third-order valence-electron chi connectivity index (χ3n) is 3.06. The van der Waals surface area contributed by atoms with Gasteiger partial charge in [-0.05, 0) is 43.6 Å². The second-order valence-electron chi connectivity index (χ2n) is 6.22. The van der Waals surface area contributed by atoms with Crippen molar-refractivity contribution in [2.75, 3.05) is 18.0 Å². The molecule has 0 radical (unpaired) electrons. The van der Waals surface area contributed by atoms with E-state index in [9.17, 15) is 10.1 Å². The summed E-state index contributed by atoms with van der Waals surface area (Å²) < 4.78 is 6.64. The van der Waals surface area contributed by atoms with Gasteiger partial charge in [-0.15, -0.1) is 0 Å². The SMILES string of the molecule is CC1(C)CN(c2c(Br)cncc2[N+](=O)[O-])CC(C)(C)O1. The summed E-state index contributed by atoms with van der Waals surface area (Å²) in [5.74, 6) is 0. The van der Waals surface area contributed by atoms with Crippen molar-refractivity contribution in [3.05, 3.63) is 27.0 Å². The minimum Gasteiger partial charge on any atom is -0.366 e. The molecule has 2 heterocycles. The number of rotatable bonds is 2. The number of morpholine rings is 1. The molecule has 20 heavy (non-hydrogen) atoms. The van der Waals surface area contributed by atoms with Crippen LogP contribution in [0.1, 0.15) is 27.7 Å². The highest BCUT2D eigenvalue weighted by atomic mass is 79.9. The molecule has 6 nitrogen and oxygen atoms in total. The van der Waals surface area contributed by atoms with Crippen molar-refractivity contribution in [2.45, 2.75) is 38.9 Å². The van der Waals surface area contributed by atoms with E-state index < -0.39 is 4.92 Å². The first-order valence-electron chi connectivity index (χ1n) is 6.34. The van der Waals surface area contributed by atoms with Crippen LogP contribution in [0, 0.1) is 10.1 Å². The second-order valence-corrected chi connectivity index (χ2v) is 7.08. The van der Waals surface area contributed by atoms with Crippen molar-refractivity contribution < 1.29 is 9.66 Å². The number of nitro groups is 1. The van der Waals surface area contributed by atoms with E-state index in [1.54, 1.807) is 6.20 Å². The Labute approximate surface area is 126 Å². The molecule has 1 aromatic heterocycles. The number of hydrogen-bond acceptors (Lipinski definition) is 5. The highest BCUT2D eigenvalue weighted by Gasteiger charge is 2.40. The highest BCUT2D eigenvalue weighted by Crippen LogP contribution is 2.39. The monoisotopic (exact) mass is 343 g/mol. The molecule has 0 unspecified atom stereocenters. The number of nitrogens with zero attached hydrogens (tertiary/aromatic N) is 3. The van der Waals surface area contributed by atoms with Gasteiger partial charge in [-0.2, -0.15) is 0 Å². The van der Waals surface area contributed by atoms with Gasteiger partial charge in [-0.25, -0.2) is 0 Å². The van der Waals surface area contributed by atoms with Crippen molar-refractivity contribution in [3.8, 4) is 0 Å². The molecule has 0 spiro atoms. The standard InChI is InChI=1S/C13H18BrN3O3/c1-12(2)7-16(8-13(3,4)20-12)11-9(14)5-15-6-10(11)17(18)19/h5-6H,7-8H2,1-4H3. The Morgan fingerprint density at radius 1 is 1.30 bits per heavy atom. The highest BCUT2D eigenvalue weighted by molar-refractivity contribution is 9.10. The summed E-state index contributed by atoms with van der Waals surface area (Å²) in [7, 11) is 0. The molecular weight excluding hydrogens is 326 g/mol. The van der Waals surface area contributed by atoms with E-state index in [2.05, 4.69) is 20.9 Å². The van der Waals surface area contributed by atoms with E-state index >= 15 is 0 Å². The number of ether oxygens (including phenoxy) is 1. The fourth-order valence-corrected chi connectivity index (χ4v) is 3.38. The maximum atomic E-state index is 11.2. The lowest BCUT2D eigenvalue weighted by atomic mass is 9.98. The number of halogens is 1. The zero-order chi connectivity index (χ0) is 15.1. The Bertz CT molecular complexity index is 530. The molecule has 0 aromatic carbocycles. The molecule has 0 aliphatic carbocycles. The van der Waals surface area contributed by atoms with E-state index in [1.165, 1.54) is 6.20 Å². The Balaban J connectivity index is 2.48. The third-order valence-corrected chi connectivity index (χ3v) is 3.64. The van der Waals surface area contributed by atoms with Crippen molar-refractivity contribution in [1.29, 1.82) is 0 Å². The van der Waals surface area contributed by atoms with Crippen LogP contribution in [0.5, 0.6) is 0 Å². The normalized spacial score (nSPS) is 20.8. The number of anilines is 1. The van der Waals surface area contributed by atoms with Crippen molar-refractivity contribution >= 4 is 27.3 Å². The largest absolute Gasteiger partial charge is 0.366 e. The lowest BCUT2D eigenvalue weighted by molar-refractivity contribution is -0.384. The Kier molecular flexibility index (Phi) is 3.77. The minimum atomic E-state index is -0.400. The molecule has 1 aliphatic heterocycles. The number of hydrogen-bond donors (Lipinski definition) is 0. The van der Waals surface area contributed by atoms with Crippen LogP contribution in [0.25, 0.3) is 0 Å². The Morgan fingerprint density at radius 2 is 1.85 bits per heavy atom. The summed E-state index contributed by atoms with van der Waals surface area (Å²) >= 11 is 3.38. The van der Waals surface area contributed by atoms with Gasteiger partial charge in [0.1, 0.15) is 11.9 Å². The van der Waals surface area contributed by atoms with Gasteiger partial charge in [0.2, 0.25) is 0 Å². The van der Waals surface area contributed by atoms with Gasteiger partial charge in [0.15, 0.2) is 0 Å². The summed E-state index contributed by atoms with van der Waals surface area (Å²) in [6.07, 6.45) is 2.87. The van der Waals surface area contributed by atoms with Gasteiger partial charge < -0.3 is 9.64 Å². The van der Waals surface area contributed by atoms with E-state index in [4.69, 9.17) is 4.74 Å². The van der Waals surface area contributed by atoms with Gasteiger partial charge in [-0.3, -0.25) is 15.1 Å². The van der Waals surface area contributed by atoms with Crippen LogP contribution in [0.3, 0.4) is 0 Å². The van der Waals surface area contributed by atoms with Crippen molar-refractivity contribution in [2.24, 2.45) is 0 Å². The van der Waals surface area contributed by atoms with E-state index in [-0.39, 0.29) is 16.9 Å². The molecule has 0 saturated carbocycles. The number of pyridine rings is 1. The predicted molar refractivity (Wildman–Crippen MR) is 80.0 cm³/mol. The first-order chi connectivity index (χ1) is 9.11. The Morgan fingerprint density at radius 3 is 2.35 bits per heavy atom. The third kappa shape index (κ3) is 3.09. The van der Waals surface area contributed by atoms with Crippen molar-refractivity contribution in [1.82, 2.24) is 4.98 Å². The summed E-state index contributed by atoms with van der Waals surface area (Å²) in [6, 6.07) is 0. The van der Waals surface area contributed by atoms with Gasteiger partial charge in [0.05, 0.1) is 20.6 Å². The zero-order valence-corrected chi connectivity index (χ0v) is 13.6. The molecular formula is C13H18BrN3O3. The molecule has 1 saturated heterocycles. The smallest absolute Gasteiger partial charge is 0.311 e. The van der Waals surface area contributed by atoms with Crippen LogP contribution >= 0.6 is 15.9 Å². The van der Waals surface area contributed by atoms with Gasteiger partial charge in [-0.1, -0.05) is 0 Å². The van der Waals surface area contributed by atoms with E-state index in [1.807, 2.05) is 32.6 Å². The van der Waals surface area contributed by atoms with Crippen molar-refractivity contribution in [3.63, 3.8) is 0 Å². The lowest BCUT2D eigenvalue weighted by Gasteiger charge is -2.47. The molecule has 1 fully saturated rings. The molecule has 2 rings (SSSR count). The summed E-state index contributed by atoms with van der Waals surface area (Å²) in [4.78, 5) is 16.7. The maximum absolute atomic E-state index is 11.2. The molecule has 1 aromatic rings. The number of aromatic nitrogens is 1. The van der Waals surface area contributed by atoms with Crippen LogP contribution in [0.2, 0.25) is 0 Å². The minimum absolute atomic E-state index is 0.00729. The topological polar surface area (TPSA) is 68.5 Å². The first-order valence-corrected chi connectivity index (χ1v) is 7.14. The molecule has 0 bridgehead atoms. The molecule has 0 amide bonds. The molecule has 7 heteroatoms. The summed E-state index contributed by atoms with van der Waals surface area (Å²) in [5, 5.41) is 11.2. The average Bonchev–Trinajstić information content (AvgIpc) is 2.23.